The number of halogens is 3. The van der Waals surface area contributed by atoms with E-state index in [4.69, 9.17) is 49.0 Å². The van der Waals surface area contributed by atoms with Gasteiger partial charge in [0.15, 0.2) is 5.78 Å². The van der Waals surface area contributed by atoms with Crippen LogP contribution in [0.2, 0.25) is 0 Å². The van der Waals surface area contributed by atoms with Crippen molar-refractivity contribution in [2.45, 2.75) is 24.3 Å². The molecule has 5 aliphatic rings. The molecule has 25 heavy (non-hydrogen) atoms. The van der Waals surface area contributed by atoms with E-state index < -0.39 is 16.8 Å². The molecule has 0 aromatic carbocycles. The van der Waals surface area contributed by atoms with Gasteiger partial charge in [-0.1, -0.05) is 23.2 Å². The topological polar surface area (TPSA) is 61.8 Å². The number of hydrogen-bond acceptors (Lipinski definition) is 5. The molecule has 4 bridgehead atoms. The molecule has 0 saturated heterocycles. The monoisotopic (exact) mass is 408 g/mol. The van der Waals surface area contributed by atoms with Gasteiger partial charge < -0.3 is 14.2 Å². The van der Waals surface area contributed by atoms with Crippen molar-refractivity contribution in [3.8, 4) is 0 Å². The first kappa shape index (κ1) is 18.2. The summed E-state index contributed by atoms with van der Waals surface area (Å²) in [4.78, 5) is 25.9. The van der Waals surface area contributed by atoms with Crippen molar-refractivity contribution in [2.75, 3.05) is 33.0 Å². The van der Waals surface area contributed by atoms with Gasteiger partial charge in [-0.2, -0.15) is 0 Å². The lowest BCUT2D eigenvalue weighted by molar-refractivity contribution is -0.164. The molecular formula is C17H19Cl3O5. The van der Waals surface area contributed by atoms with Gasteiger partial charge in [0, 0.05) is 17.9 Å². The minimum atomic E-state index is -1.27. The molecule has 0 amide bonds. The molecule has 1 spiro atoms. The van der Waals surface area contributed by atoms with Crippen LogP contribution in [0.5, 0.6) is 0 Å². The van der Waals surface area contributed by atoms with Gasteiger partial charge in [-0.15, -0.1) is 11.6 Å². The van der Waals surface area contributed by atoms with Crippen molar-refractivity contribution in [3.63, 3.8) is 0 Å². The van der Waals surface area contributed by atoms with E-state index in [0.717, 1.165) is 0 Å². The average Bonchev–Trinajstić information content (AvgIpc) is 2.88. The Morgan fingerprint density at radius 2 is 1.64 bits per heavy atom. The lowest BCUT2D eigenvalue weighted by atomic mass is 9.73. The zero-order valence-corrected chi connectivity index (χ0v) is 16.0. The highest BCUT2D eigenvalue weighted by Gasteiger charge is 2.95. The molecule has 5 rings (SSSR count). The van der Waals surface area contributed by atoms with E-state index in [-0.39, 0.29) is 45.6 Å². The number of hydrogen-bond donors (Lipinski definition) is 0. The van der Waals surface area contributed by atoms with Crippen LogP contribution < -0.4 is 0 Å². The van der Waals surface area contributed by atoms with Crippen molar-refractivity contribution in [3.05, 3.63) is 10.1 Å². The summed E-state index contributed by atoms with van der Waals surface area (Å²) in [5, 5.41) is -0.654. The molecule has 4 fully saturated rings. The van der Waals surface area contributed by atoms with E-state index in [1.807, 2.05) is 6.92 Å². The predicted molar refractivity (Wildman–Crippen MR) is 91.9 cm³/mol. The second-order valence-electron chi connectivity index (χ2n) is 6.97. The van der Waals surface area contributed by atoms with E-state index in [9.17, 15) is 9.59 Å². The summed E-state index contributed by atoms with van der Waals surface area (Å²) in [7, 11) is 0. The van der Waals surface area contributed by atoms with Crippen LogP contribution >= 0.6 is 34.8 Å². The fourth-order valence-corrected chi connectivity index (χ4v) is 6.60. The van der Waals surface area contributed by atoms with Gasteiger partial charge in [0.2, 0.25) is 5.78 Å². The van der Waals surface area contributed by atoms with Crippen molar-refractivity contribution in [1.82, 2.24) is 0 Å². The highest BCUT2D eigenvalue weighted by Crippen LogP contribution is 2.86. The Kier molecular flexibility index (Phi) is 4.50. The van der Waals surface area contributed by atoms with Crippen LogP contribution in [0.4, 0.5) is 0 Å². The summed E-state index contributed by atoms with van der Waals surface area (Å²) in [5.74, 6) is -0.868. The number of carbonyl (C=O) groups is 2. The fourth-order valence-electron chi connectivity index (χ4n) is 5.47. The lowest BCUT2D eigenvalue weighted by Gasteiger charge is -2.40. The van der Waals surface area contributed by atoms with Crippen LogP contribution in [0.25, 0.3) is 0 Å². The maximum absolute atomic E-state index is 13.0. The number of ketones is 2. The quantitative estimate of drug-likeness (QED) is 0.455. The second kappa shape index (κ2) is 6.18. The summed E-state index contributed by atoms with van der Waals surface area (Å²) in [6.07, 6.45) is 0.704. The van der Waals surface area contributed by atoms with E-state index in [2.05, 4.69) is 0 Å². The first-order valence-electron chi connectivity index (χ1n) is 8.54. The molecule has 0 radical (unpaired) electrons. The fraction of sp³-hybridized carbons (Fsp3) is 0.765. The Bertz CT molecular complexity index is 665. The maximum Gasteiger partial charge on any atom is 0.209 e. The summed E-state index contributed by atoms with van der Waals surface area (Å²) in [5.41, 5.74) is -2.19. The summed E-state index contributed by atoms with van der Waals surface area (Å²) in [6.45, 7) is 3.99. The molecule has 0 aromatic rings. The molecule has 0 aromatic heterocycles. The highest BCUT2D eigenvalue weighted by atomic mass is 35.5. The molecule has 0 heterocycles. The molecule has 138 valence electrons. The normalized spacial score (nSPS) is 43.8. The number of ether oxygens (including phenoxy) is 3. The molecule has 4 saturated carbocycles. The van der Waals surface area contributed by atoms with Gasteiger partial charge in [0.05, 0.1) is 31.8 Å². The van der Waals surface area contributed by atoms with Crippen LogP contribution in [0, 0.1) is 23.2 Å². The van der Waals surface area contributed by atoms with Crippen molar-refractivity contribution < 1.29 is 23.8 Å². The molecule has 8 heteroatoms. The predicted octanol–water partition coefficient (Wildman–Crippen LogP) is 2.51. The van der Waals surface area contributed by atoms with Gasteiger partial charge >= 0.3 is 0 Å². The Hall–Kier alpha value is -0.170. The second-order valence-corrected chi connectivity index (χ2v) is 8.23. The smallest absolute Gasteiger partial charge is 0.209 e. The maximum atomic E-state index is 13.0. The molecule has 0 unspecified atom stereocenters. The summed E-state index contributed by atoms with van der Waals surface area (Å²) >= 11 is 18.7. The lowest BCUT2D eigenvalue weighted by Crippen LogP contribution is -2.57. The van der Waals surface area contributed by atoms with Crippen molar-refractivity contribution >= 4 is 46.4 Å². The van der Waals surface area contributed by atoms with Crippen LogP contribution in [-0.2, 0) is 23.8 Å². The minimum Gasteiger partial charge on any atom is -0.379 e. The van der Waals surface area contributed by atoms with Crippen molar-refractivity contribution in [2.24, 2.45) is 23.2 Å². The van der Waals surface area contributed by atoms with Gasteiger partial charge in [-0.05, 0) is 25.2 Å². The standard InChI is InChI=1S/C17H19Cl3O5/c1-2-23-3-4-24-5-6-25-17-9-7-8-10(11(9)18)16(8,17)14(21)12(19)13(20)15(17)22/h8-11H,2-7H2,1H3/t8-,9-,10-,11+,16+,17+/m0/s1. The Morgan fingerprint density at radius 3 is 2.28 bits per heavy atom. The van der Waals surface area contributed by atoms with Crippen molar-refractivity contribution in [1.29, 1.82) is 0 Å². The SMILES string of the molecule is CCOCCOCCO[C@]12C(=O)C(Cl)=C(Cl)C(=O)[C@@]13[C@@H]1[C@H](Cl)[C@@H]2C[C@@H]13. The largest absolute Gasteiger partial charge is 0.379 e. The zero-order valence-electron chi connectivity index (χ0n) is 13.7. The van der Waals surface area contributed by atoms with E-state index >= 15 is 0 Å². The first-order valence-corrected chi connectivity index (χ1v) is 9.73. The third kappa shape index (κ3) is 2.03. The summed E-state index contributed by atoms with van der Waals surface area (Å²) < 4.78 is 16.7. The molecule has 0 N–H and O–H groups in total. The van der Waals surface area contributed by atoms with E-state index in [1.165, 1.54) is 0 Å². The Balaban J connectivity index is 1.53. The van der Waals surface area contributed by atoms with E-state index in [0.29, 0.717) is 32.8 Å². The van der Waals surface area contributed by atoms with Crippen LogP contribution in [0.3, 0.4) is 0 Å². The van der Waals surface area contributed by atoms with Gasteiger partial charge in [0.1, 0.15) is 15.7 Å². The molecule has 0 aliphatic heterocycles. The highest BCUT2D eigenvalue weighted by molar-refractivity contribution is 6.57. The molecular weight excluding hydrogens is 391 g/mol. The summed E-state index contributed by atoms with van der Waals surface area (Å²) in [6, 6.07) is 0. The molecule has 5 aliphatic carbocycles. The van der Waals surface area contributed by atoms with Crippen LogP contribution in [-0.4, -0.2) is 55.6 Å². The van der Waals surface area contributed by atoms with Crippen LogP contribution in [0.15, 0.2) is 10.1 Å². The average molecular weight is 410 g/mol. The third-order valence-corrected chi connectivity index (χ3v) is 7.64. The van der Waals surface area contributed by atoms with Gasteiger partial charge in [-0.25, -0.2) is 0 Å². The number of carbonyl (C=O) groups excluding carboxylic acids is 2. The minimum absolute atomic E-state index is 0.0481. The van der Waals surface area contributed by atoms with Gasteiger partial charge in [0.25, 0.3) is 0 Å². The number of Topliss-reactive ketones (excluding diaryl/α,β-unsaturated/α-hetero) is 2. The van der Waals surface area contributed by atoms with E-state index in [1.54, 1.807) is 0 Å². The zero-order chi connectivity index (χ0) is 18.0. The Morgan fingerprint density at radius 1 is 1.00 bits per heavy atom. The third-order valence-electron chi connectivity index (χ3n) is 6.25. The number of alkyl halides is 1. The van der Waals surface area contributed by atoms with Crippen LogP contribution in [0.1, 0.15) is 13.3 Å². The van der Waals surface area contributed by atoms with Gasteiger partial charge in [-0.3, -0.25) is 9.59 Å². The Labute approximate surface area is 160 Å². The number of allylic oxidation sites excluding steroid dienone is 1. The number of rotatable bonds is 8. The molecule has 5 nitrogen and oxygen atoms in total. The first-order chi connectivity index (χ1) is 12.0. The molecule has 6 atom stereocenters.